The number of amides is 2. The number of hydrogen-bond acceptors (Lipinski definition) is 4. The molecule has 2 heterocycles. The van der Waals surface area contributed by atoms with Gasteiger partial charge in [0.2, 0.25) is 11.8 Å². The Hall–Kier alpha value is -2.70. The first-order valence-corrected chi connectivity index (χ1v) is 8.50. The molecule has 0 saturated heterocycles. The summed E-state index contributed by atoms with van der Waals surface area (Å²) in [7, 11) is 0. The van der Waals surface area contributed by atoms with Crippen molar-refractivity contribution in [3.05, 3.63) is 47.3 Å². The molecule has 1 aromatic heterocycles. The van der Waals surface area contributed by atoms with Crippen LogP contribution in [0.2, 0.25) is 0 Å². The van der Waals surface area contributed by atoms with Crippen LogP contribution in [0.25, 0.3) is 0 Å². The minimum absolute atomic E-state index is 0.0252. The van der Waals surface area contributed by atoms with Crippen molar-refractivity contribution >= 4 is 11.8 Å². The molecule has 3 rings (SSSR count). The van der Waals surface area contributed by atoms with Crippen LogP contribution in [-0.4, -0.2) is 31.7 Å². The highest BCUT2D eigenvalue weighted by Crippen LogP contribution is 2.24. The summed E-state index contributed by atoms with van der Waals surface area (Å²) in [6, 6.07) is 9.50. The molecule has 1 atom stereocenters. The number of benzene rings is 1. The fourth-order valence-electron chi connectivity index (χ4n) is 2.90. The third-order valence-corrected chi connectivity index (χ3v) is 4.42. The van der Waals surface area contributed by atoms with Crippen molar-refractivity contribution in [2.45, 2.75) is 46.4 Å². The van der Waals surface area contributed by atoms with Gasteiger partial charge >= 0.3 is 0 Å². The maximum absolute atomic E-state index is 12.6. The number of nitrogens with zero attached hydrogens (tertiary/aromatic N) is 4. The molecular formula is C18H23N5O2. The highest BCUT2D eigenvalue weighted by atomic mass is 16.2. The van der Waals surface area contributed by atoms with Gasteiger partial charge in [-0.2, -0.15) is 0 Å². The predicted octanol–water partition coefficient (Wildman–Crippen LogP) is 1.65. The van der Waals surface area contributed by atoms with Crippen LogP contribution in [0.15, 0.2) is 30.3 Å². The maximum atomic E-state index is 12.6. The van der Waals surface area contributed by atoms with Crippen LogP contribution in [0, 0.1) is 5.92 Å². The highest BCUT2D eigenvalue weighted by molar-refractivity contribution is 5.81. The summed E-state index contributed by atoms with van der Waals surface area (Å²) in [5, 5.41) is 11.2. The summed E-state index contributed by atoms with van der Waals surface area (Å²) in [6.45, 7) is 6.84. The van der Waals surface area contributed by atoms with Crippen LogP contribution in [0.4, 0.5) is 0 Å². The molecule has 1 aliphatic heterocycles. The van der Waals surface area contributed by atoms with Crippen molar-refractivity contribution in [3.8, 4) is 0 Å². The van der Waals surface area contributed by atoms with E-state index in [0.717, 1.165) is 11.3 Å². The van der Waals surface area contributed by atoms with Crippen LogP contribution in [-0.2, 0) is 29.2 Å². The minimum Gasteiger partial charge on any atom is -0.350 e. The lowest BCUT2D eigenvalue weighted by molar-refractivity contribution is -0.138. The van der Waals surface area contributed by atoms with Gasteiger partial charge < -0.3 is 10.2 Å². The number of nitrogens with one attached hydrogen (secondary N) is 1. The first kappa shape index (κ1) is 17.1. The van der Waals surface area contributed by atoms with E-state index in [2.05, 4.69) is 15.6 Å². The molecule has 0 aliphatic carbocycles. The molecule has 1 unspecified atom stereocenters. The van der Waals surface area contributed by atoms with Crippen LogP contribution in [0.5, 0.6) is 0 Å². The Balaban J connectivity index is 1.78. The van der Waals surface area contributed by atoms with E-state index in [9.17, 15) is 9.59 Å². The van der Waals surface area contributed by atoms with Gasteiger partial charge in [-0.3, -0.25) is 9.59 Å². The van der Waals surface area contributed by atoms with E-state index in [1.165, 1.54) is 0 Å². The van der Waals surface area contributed by atoms with E-state index in [1.807, 2.05) is 56.0 Å². The number of carbonyl (C=O) groups is 2. The monoisotopic (exact) mass is 341 g/mol. The van der Waals surface area contributed by atoms with Gasteiger partial charge in [0.05, 0.1) is 18.8 Å². The second-order valence-electron chi connectivity index (χ2n) is 6.66. The van der Waals surface area contributed by atoms with E-state index in [4.69, 9.17) is 0 Å². The molecule has 0 saturated carbocycles. The van der Waals surface area contributed by atoms with Crippen molar-refractivity contribution < 1.29 is 9.59 Å². The summed E-state index contributed by atoms with van der Waals surface area (Å²) in [6.07, 6.45) is 0. The summed E-state index contributed by atoms with van der Waals surface area (Å²) >= 11 is 0. The SMILES string of the molecule is CC(C)C(=O)NCc1nnn2c1CN(Cc1ccccc1)C(=O)C2C. The van der Waals surface area contributed by atoms with Crippen LogP contribution in [0.1, 0.15) is 43.8 Å². The number of aromatic nitrogens is 3. The van der Waals surface area contributed by atoms with Gasteiger partial charge in [0.15, 0.2) is 0 Å². The Morgan fingerprint density at radius 1 is 1.32 bits per heavy atom. The smallest absolute Gasteiger partial charge is 0.247 e. The van der Waals surface area contributed by atoms with Gasteiger partial charge in [0, 0.05) is 12.5 Å². The van der Waals surface area contributed by atoms with Crippen LogP contribution < -0.4 is 5.32 Å². The van der Waals surface area contributed by atoms with Crippen LogP contribution in [0.3, 0.4) is 0 Å². The molecule has 0 radical (unpaired) electrons. The number of fused-ring (bicyclic) bond motifs is 1. The lowest BCUT2D eigenvalue weighted by Crippen LogP contribution is -2.42. The molecule has 0 spiro atoms. The van der Waals surface area contributed by atoms with Gasteiger partial charge in [-0.05, 0) is 12.5 Å². The average molecular weight is 341 g/mol. The zero-order valence-electron chi connectivity index (χ0n) is 14.8. The third kappa shape index (κ3) is 3.55. The summed E-state index contributed by atoms with van der Waals surface area (Å²) in [4.78, 5) is 26.2. The van der Waals surface area contributed by atoms with Crippen LogP contribution >= 0.6 is 0 Å². The molecule has 2 amide bonds. The van der Waals surface area contributed by atoms with Crippen molar-refractivity contribution in [1.29, 1.82) is 0 Å². The zero-order chi connectivity index (χ0) is 18.0. The number of rotatable bonds is 5. The summed E-state index contributed by atoms with van der Waals surface area (Å²) in [5.74, 6) is -0.0803. The average Bonchev–Trinajstić information content (AvgIpc) is 3.01. The topological polar surface area (TPSA) is 80.1 Å². The Morgan fingerprint density at radius 3 is 2.72 bits per heavy atom. The second kappa shape index (κ2) is 7.04. The van der Waals surface area contributed by atoms with E-state index in [-0.39, 0.29) is 17.7 Å². The second-order valence-corrected chi connectivity index (χ2v) is 6.66. The van der Waals surface area contributed by atoms with E-state index < -0.39 is 6.04 Å². The molecule has 0 fully saturated rings. The van der Waals surface area contributed by atoms with Gasteiger partial charge in [-0.1, -0.05) is 49.4 Å². The van der Waals surface area contributed by atoms with E-state index in [1.54, 1.807) is 4.68 Å². The first-order valence-electron chi connectivity index (χ1n) is 8.50. The number of hydrogen-bond donors (Lipinski definition) is 1. The van der Waals surface area contributed by atoms with Crippen molar-refractivity contribution in [3.63, 3.8) is 0 Å². The van der Waals surface area contributed by atoms with Crippen molar-refractivity contribution in [2.75, 3.05) is 0 Å². The largest absolute Gasteiger partial charge is 0.350 e. The van der Waals surface area contributed by atoms with Gasteiger partial charge in [0.1, 0.15) is 11.7 Å². The molecule has 1 aromatic carbocycles. The lowest BCUT2D eigenvalue weighted by Gasteiger charge is -2.31. The first-order chi connectivity index (χ1) is 12.0. The normalized spacial score (nSPS) is 16.9. The Kier molecular flexibility index (Phi) is 4.83. The Labute approximate surface area is 147 Å². The molecule has 2 aromatic rings. The van der Waals surface area contributed by atoms with E-state index >= 15 is 0 Å². The molecule has 1 aliphatic rings. The molecular weight excluding hydrogens is 318 g/mol. The molecule has 7 heteroatoms. The summed E-state index contributed by atoms with van der Waals surface area (Å²) in [5.41, 5.74) is 2.68. The minimum atomic E-state index is -0.394. The van der Waals surface area contributed by atoms with Gasteiger partial charge in [-0.25, -0.2) is 4.68 Å². The molecule has 7 nitrogen and oxygen atoms in total. The van der Waals surface area contributed by atoms with Gasteiger partial charge in [0.25, 0.3) is 0 Å². The fourth-order valence-corrected chi connectivity index (χ4v) is 2.90. The summed E-state index contributed by atoms with van der Waals surface area (Å²) < 4.78 is 1.67. The Bertz CT molecular complexity index is 769. The third-order valence-electron chi connectivity index (χ3n) is 4.42. The Morgan fingerprint density at radius 2 is 2.04 bits per heavy atom. The van der Waals surface area contributed by atoms with Crippen molar-refractivity contribution in [1.82, 2.24) is 25.2 Å². The zero-order valence-corrected chi connectivity index (χ0v) is 14.8. The van der Waals surface area contributed by atoms with Crippen molar-refractivity contribution in [2.24, 2.45) is 5.92 Å². The molecule has 25 heavy (non-hydrogen) atoms. The predicted molar refractivity (Wildman–Crippen MR) is 92.1 cm³/mol. The standard InChI is InChI=1S/C18H23N5O2/c1-12(2)17(24)19-9-15-16-11-22(10-14-7-5-4-6-8-14)18(25)13(3)23(16)21-20-15/h4-8,12-13H,9-11H2,1-3H3,(H,19,24). The number of carbonyl (C=O) groups excluding carboxylic acids is 2. The van der Waals surface area contributed by atoms with Gasteiger partial charge in [-0.15, -0.1) is 5.10 Å². The maximum Gasteiger partial charge on any atom is 0.247 e. The molecule has 0 bridgehead atoms. The fraction of sp³-hybridized carbons (Fsp3) is 0.444. The quantitative estimate of drug-likeness (QED) is 0.897. The highest BCUT2D eigenvalue weighted by Gasteiger charge is 2.33. The lowest BCUT2D eigenvalue weighted by atomic mass is 10.1. The molecule has 132 valence electrons. The van der Waals surface area contributed by atoms with E-state index in [0.29, 0.717) is 25.3 Å². The molecule has 1 N–H and O–H groups in total.